The first-order valence-electron chi connectivity index (χ1n) is 13.5. The van der Waals surface area contributed by atoms with E-state index in [0.29, 0.717) is 0 Å². The average molecular weight is 566 g/mol. The molecule has 3 aromatic rings. The number of nitrogens with one attached hydrogen (secondary N) is 1. The number of benzene rings is 3. The SMILES string of the molecule is Cc1ccccc1CN(C(=O)CN(c1cccc(F)c1)S(C)(=O)=O)[C@@H](Cc1ccccc1)C(=O)NC1CCCC1. The maximum Gasteiger partial charge on any atom is 0.244 e. The molecular formula is C31H36FN3O4S. The maximum atomic E-state index is 14.1. The zero-order valence-electron chi connectivity index (χ0n) is 22.9. The van der Waals surface area contributed by atoms with E-state index in [1.807, 2.05) is 61.5 Å². The normalized spacial score (nSPS) is 14.5. The van der Waals surface area contributed by atoms with Gasteiger partial charge in [-0.2, -0.15) is 0 Å². The molecule has 7 nitrogen and oxygen atoms in total. The maximum absolute atomic E-state index is 14.1. The number of carbonyl (C=O) groups is 2. The second kappa shape index (κ2) is 13.1. The smallest absolute Gasteiger partial charge is 0.244 e. The van der Waals surface area contributed by atoms with E-state index in [2.05, 4.69) is 5.32 Å². The molecule has 1 aliphatic carbocycles. The summed E-state index contributed by atoms with van der Waals surface area (Å²) in [6, 6.07) is 21.3. The van der Waals surface area contributed by atoms with Crippen molar-refractivity contribution in [1.29, 1.82) is 0 Å². The van der Waals surface area contributed by atoms with Crippen LogP contribution in [0, 0.1) is 12.7 Å². The number of hydrogen-bond acceptors (Lipinski definition) is 4. The van der Waals surface area contributed by atoms with Crippen LogP contribution in [0.2, 0.25) is 0 Å². The van der Waals surface area contributed by atoms with E-state index < -0.39 is 34.3 Å². The molecule has 212 valence electrons. The van der Waals surface area contributed by atoms with Gasteiger partial charge in [0.05, 0.1) is 11.9 Å². The zero-order valence-corrected chi connectivity index (χ0v) is 23.7. The highest BCUT2D eigenvalue weighted by molar-refractivity contribution is 7.92. The summed E-state index contributed by atoms with van der Waals surface area (Å²) in [4.78, 5) is 29.4. The number of carbonyl (C=O) groups excluding carboxylic acids is 2. The van der Waals surface area contributed by atoms with Gasteiger partial charge in [0.15, 0.2) is 0 Å². The second-order valence-electron chi connectivity index (χ2n) is 10.4. The molecule has 3 aromatic carbocycles. The average Bonchev–Trinajstić information content (AvgIpc) is 3.43. The molecule has 0 bridgehead atoms. The van der Waals surface area contributed by atoms with Crippen molar-refractivity contribution >= 4 is 27.5 Å². The third-order valence-electron chi connectivity index (χ3n) is 7.35. The van der Waals surface area contributed by atoms with Crippen molar-refractivity contribution in [2.75, 3.05) is 17.1 Å². The van der Waals surface area contributed by atoms with Crippen LogP contribution in [0.1, 0.15) is 42.4 Å². The minimum absolute atomic E-state index is 0.0426. The summed E-state index contributed by atoms with van der Waals surface area (Å²) in [6.45, 7) is 1.47. The van der Waals surface area contributed by atoms with Crippen LogP contribution in [0.5, 0.6) is 0 Å². The number of anilines is 1. The largest absolute Gasteiger partial charge is 0.352 e. The number of rotatable bonds is 11. The topological polar surface area (TPSA) is 86.8 Å². The van der Waals surface area contributed by atoms with Crippen molar-refractivity contribution in [2.45, 2.75) is 57.7 Å². The lowest BCUT2D eigenvalue weighted by Crippen LogP contribution is -2.54. The Bertz CT molecular complexity index is 1430. The fraction of sp³-hybridized carbons (Fsp3) is 0.355. The number of halogens is 1. The van der Waals surface area contributed by atoms with E-state index in [9.17, 15) is 22.4 Å². The van der Waals surface area contributed by atoms with Gasteiger partial charge in [-0.3, -0.25) is 13.9 Å². The van der Waals surface area contributed by atoms with Crippen LogP contribution < -0.4 is 9.62 Å². The molecule has 0 heterocycles. The van der Waals surface area contributed by atoms with Crippen LogP contribution in [0.4, 0.5) is 10.1 Å². The Morgan fingerprint density at radius 3 is 2.30 bits per heavy atom. The Hall–Kier alpha value is -3.72. The van der Waals surface area contributed by atoms with Gasteiger partial charge in [-0.1, -0.05) is 73.5 Å². The highest BCUT2D eigenvalue weighted by Crippen LogP contribution is 2.23. The molecule has 1 saturated carbocycles. The highest BCUT2D eigenvalue weighted by atomic mass is 32.2. The van der Waals surface area contributed by atoms with Crippen molar-refractivity contribution in [1.82, 2.24) is 10.2 Å². The Labute approximate surface area is 236 Å². The standard InChI is InChI=1S/C31H36FN3O4S/c1-23-11-6-7-14-25(23)21-34(30(36)22-35(40(2,38)39)28-18-10-15-26(32)20-28)29(19-24-12-4-3-5-13-24)31(37)33-27-16-8-9-17-27/h3-7,10-15,18,20,27,29H,8-9,16-17,19,21-22H2,1-2H3,(H,33,37)/t29-/m0/s1. The second-order valence-corrected chi connectivity index (χ2v) is 12.3. The van der Waals surface area contributed by atoms with E-state index in [1.165, 1.54) is 23.1 Å². The van der Waals surface area contributed by atoms with Crippen LogP contribution in [-0.2, 0) is 32.6 Å². The van der Waals surface area contributed by atoms with Crippen molar-refractivity contribution in [3.8, 4) is 0 Å². The van der Waals surface area contributed by atoms with Crippen LogP contribution in [0.3, 0.4) is 0 Å². The summed E-state index contributed by atoms with van der Waals surface area (Å²) in [5, 5.41) is 3.14. The van der Waals surface area contributed by atoms with Crippen LogP contribution >= 0.6 is 0 Å². The van der Waals surface area contributed by atoms with Crippen molar-refractivity contribution in [3.05, 3.63) is 101 Å². The van der Waals surface area contributed by atoms with Crippen molar-refractivity contribution in [2.24, 2.45) is 0 Å². The van der Waals surface area contributed by atoms with Gasteiger partial charge in [-0.05, 0) is 54.7 Å². The van der Waals surface area contributed by atoms with Crippen molar-refractivity contribution < 1.29 is 22.4 Å². The molecule has 0 spiro atoms. The van der Waals surface area contributed by atoms with Gasteiger partial charge >= 0.3 is 0 Å². The fourth-order valence-corrected chi connectivity index (χ4v) is 5.98. The van der Waals surface area contributed by atoms with Crippen molar-refractivity contribution in [3.63, 3.8) is 0 Å². The van der Waals surface area contributed by atoms with Crippen LogP contribution in [-0.4, -0.2) is 50.0 Å². The fourth-order valence-electron chi connectivity index (χ4n) is 5.14. The number of hydrogen-bond donors (Lipinski definition) is 1. The summed E-state index contributed by atoms with van der Waals surface area (Å²) in [5.41, 5.74) is 2.71. The molecule has 0 aromatic heterocycles. The third kappa shape index (κ3) is 7.69. The summed E-state index contributed by atoms with van der Waals surface area (Å²) in [5.74, 6) is -1.44. The number of nitrogens with zero attached hydrogens (tertiary/aromatic N) is 2. The van der Waals surface area contributed by atoms with Gasteiger partial charge < -0.3 is 10.2 Å². The minimum atomic E-state index is -3.95. The van der Waals surface area contributed by atoms with E-state index in [0.717, 1.165) is 59.0 Å². The Morgan fingerprint density at radius 2 is 1.65 bits per heavy atom. The Morgan fingerprint density at radius 1 is 0.975 bits per heavy atom. The van der Waals surface area contributed by atoms with Crippen LogP contribution in [0.25, 0.3) is 0 Å². The Balaban J connectivity index is 1.73. The first-order valence-corrected chi connectivity index (χ1v) is 15.4. The first kappa shape index (κ1) is 29.3. The molecule has 0 unspecified atom stereocenters. The molecule has 1 fully saturated rings. The monoisotopic (exact) mass is 565 g/mol. The molecule has 4 rings (SSSR count). The third-order valence-corrected chi connectivity index (χ3v) is 8.49. The summed E-state index contributed by atoms with van der Waals surface area (Å²) in [6.07, 6.45) is 5.09. The molecule has 0 radical (unpaired) electrons. The van der Waals surface area contributed by atoms with Crippen LogP contribution in [0.15, 0.2) is 78.9 Å². The highest BCUT2D eigenvalue weighted by Gasteiger charge is 2.34. The molecule has 40 heavy (non-hydrogen) atoms. The minimum Gasteiger partial charge on any atom is -0.352 e. The molecule has 0 aliphatic heterocycles. The lowest BCUT2D eigenvalue weighted by atomic mass is 10.0. The van der Waals surface area contributed by atoms with E-state index >= 15 is 0 Å². The number of sulfonamides is 1. The molecule has 1 aliphatic rings. The van der Waals surface area contributed by atoms with E-state index in [-0.39, 0.29) is 30.6 Å². The number of amides is 2. The lowest BCUT2D eigenvalue weighted by molar-refractivity contribution is -0.140. The molecule has 9 heteroatoms. The summed E-state index contributed by atoms with van der Waals surface area (Å²) in [7, 11) is -3.95. The zero-order chi connectivity index (χ0) is 28.7. The van der Waals surface area contributed by atoms with Gasteiger partial charge in [-0.15, -0.1) is 0 Å². The molecule has 1 atom stereocenters. The molecule has 2 amide bonds. The predicted octanol–water partition coefficient (Wildman–Crippen LogP) is 4.60. The quantitative estimate of drug-likeness (QED) is 0.368. The van der Waals surface area contributed by atoms with Gasteiger partial charge in [0.25, 0.3) is 0 Å². The summed E-state index contributed by atoms with van der Waals surface area (Å²) < 4.78 is 40.5. The van der Waals surface area contributed by atoms with Gasteiger partial charge in [0.2, 0.25) is 21.8 Å². The lowest BCUT2D eigenvalue weighted by Gasteiger charge is -2.34. The van der Waals surface area contributed by atoms with E-state index in [4.69, 9.17) is 0 Å². The van der Waals surface area contributed by atoms with E-state index in [1.54, 1.807) is 0 Å². The number of aryl methyl sites for hydroxylation is 1. The summed E-state index contributed by atoms with van der Waals surface area (Å²) >= 11 is 0. The van der Waals surface area contributed by atoms with Gasteiger partial charge in [0, 0.05) is 19.0 Å². The molecule has 0 saturated heterocycles. The molecular weight excluding hydrogens is 529 g/mol. The predicted molar refractivity (Wildman–Crippen MR) is 155 cm³/mol. The van der Waals surface area contributed by atoms with Gasteiger partial charge in [0.1, 0.15) is 18.4 Å². The van der Waals surface area contributed by atoms with Gasteiger partial charge in [-0.25, -0.2) is 12.8 Å². The molecule has 1 N–H and O–H groups in total. The first-order chi connectivity index (χ1) is 19.1. The Kier molecular flexibility index (Phi) is 9.58.